The minimum Gasteiger partial charge on any atom is -0.441 e. The maximum absolute atomic E-state index is 5.62. The SMILES string of the molecule is CCCn1nccc1CNc1ccc2oc(CC)nc2c1. The Morgan fingerprint density at radius 1 is 1.24 bits per heavy atom. The largest absolute Gasteiger partial charge is 0.441 e. The number of hydrogen-bond acceptors (Lipinski definition) is 4. The molecule has 0 bridgehead atoms. The average molecular weight is 284 g/mol. The van der Waals surface area contributed by atoms with Gasteiger partial charge >= 0.3 is 0 Å². The first kappa shape index (κ1) is 13.7. The normalized spacial score (nSPS) is 11.1. The van der Waals surface area contributed by atoms with Crippen LogP contribution in [-0.4, -0.2) is 14.8 Å². The van der Waals surface area contributed by atoms with E-state index in [1.165, 1.54) is 5.69 Å². The van der Waals surface area contributed by atoms with Crippen LogP contribution in [0.2, 0.25) is 0 Å². The highest BCUT2D eigenvalue weighted by molar-refractivity contribution is 5.77. The molecule has 21 heavy (non-hydrogen) atoms. The highest BCUT2D eigenvalue weighted by atomic mass is 16.3. The quantitative estimate of drug-likeness (QED) is 0.751. The second-order valence-corrected chi connectivity index (χ2v) is 5.04. The second kappa shape index (κ2) is 5.99. The summed E-state index contributed by atoms with van der Waals surface area (Å²) in [6.07, 6.45) is 3.74. The van der Waals surface area contributed by atoms with E-state index in [2.05, 4.69) is 22.3 Å². The Kier molecular flexibility index (Phi) is 3.90. The van der Waals surface area contributed by atoms with Crippen LogP contribution in [0.5, 0.6) is 0 Å². The molecule has 0 saturated heterocycles. The Morgan fingerprint density at radius 3 is 2.95 bits per heavy atom. The minimum atomic E-state index is 0.754. The Bertz CT molecular complexity index is 729. The van der Waals surface area contributed by atoms with E-state index in [1.54, 1.807) is 0 Å². The smallest absolute Gasteiger partial charge is 0.195 e. The predicted octanol–water partition coefficient (Wildman–Crippen LogP) is 3.61. The van der Waals surface area contributed by atoms with Crippen molar-refractivity contribution < 1.29 is 4.42 Å². The van der Waals surface area contributed by atoms with Gasteiger partial charge < -0.3 is 9.73 Å². The van der Waals surface area contributed by atoms with Gasteiger partial charge in [-0.3, -0.25) is 4.68 Å². The lowest BCUT2D eigenvalue weighted by Gasteiger charge is -2.08. The van der Waals surface area contributed by atoms with Crippen LogP contribution in [0.4, 0.5) is 5.69 Å². The van der Waals surface area contributed by atoms with E-state index in [0.29, 0.717) is 0 Å². The van der Waals surface area contributed by atoms with E-state index in [4.69, 9.17) is 4.42 Å². The van der Waals surface area contributed by atoms with Crippen LogP contribution < -0.4 is 5.32 Å². The second-order valence-electron chi connectivity index (χ2n) is 5.04. The summed E-state index contributed by atoms with van der Waals surface area (Å²) >= 11 is 0. The minimum absolute atomic E-state index is 0.754. The molecule has 0 aliphatic rings. The van der Waals surface area contributed by atoms with Crippen molar-refractivity contribution in [1.29, 1.82) is 0 Å². The summed E-state index contributed by atoms with van der Waals surface area (Å²) in [5.41, 5.74) is 3.97. The van der Waals surface area contributed by atoms with Crippen molar-refractivity contribution in [3.8, 4) is 0 Å². The molecule has 0 aliphatic carbocycles. The van der Waals surface area contributed by atoms with Crippen LogP contribution in [0.3, 0.4) is 0 Å². The van der Waals surface area contributed by atoms with Crippen molar-refractivity contribution in [3.63, 3.8) is 0 Å². The Labute approximate surface area is 124 Å². The molecule has 2 aromatic heterocycles. The molecule has 0 saturated carbocycles. The van der Waals surface area contributed by atoms with Gasteiger partial charge in [0, 0.05) is 24.8 Å². The molecule has 110 valence electrons. The maximum atomic E-state index is 5.62. The zero-order valence-corrected chi connectivity index (χ0v) is 12.5. The number of oxazole rings is 1. The van der Waals surface area contributed by atoms with Crippen LogP contribution in [0, 0.1) is 0 Å². The number of aromatic nitrogens is 3. The van der Waals surface area contributed by atoms with Crippen molar-refractivity contribution in [2.24, 2.45) is 0 Å². The fourth-order valence-electron chi connectivity index (χ4n) is 2.35. The standard InChI is InChI=1S/C16H20N4O/c1-3-9-20-13(7-8-18-20)11-17-12-5-6-15-14(10-12)19-16(4-2)21-15/h5-8,10,17H,3-4,9,11H2,1-2H3. The number of anilines is 1. The first-order valence-electron chi connectivity index (χ1n) is 7.44. The maximum Gasteiger partial charge on any atom is 0.195 e. The monoisotopic (exact) mass is 284 g/mol. The summed E-state index contributed by atoms with van der Waals surface area (Å²) in [7, 11) is 0. The molecular weight excluding hydrogens is 264 g/mol. The van der Waals surface area contributed by atoms with Crippen molar-refractivity contribution >= 4 is 16.8 Å². The lowest BCUT2D eigenvalue weighted by Crippen LogP contribution is -2.08. The van der Waals surface area contributed by atoms with E-state index < -0.39 is 0 Å². The van der Waals surface area contributed by atoms with Gasteiger partial charge in [-0.15, -0.1) is 0 Å². The molecule has 0 spiro atoms. The number of hydrogen-bond donors (Lipinski definition) is 1. The first-order valence-corrected chi connectivity index (χ1v) is 7.44. The van der Waals surface area contributed by atoms with Gasteiger partial charge in [-0.1, -0.05) is 13.8 Å². The fourth-order valence-corrected chi connectivity index (χ4v) is 2.35. The summed E-state index contributed by atoms with van der Waals surface area (Å²) in [5.74, 6) is 0.781. The summed E-state index contributed by atoms with van der Waals surface area (Å²) in [6.45, 7) is 5.90. The topological polar surface area (TPSA) is 55.9 Å². The van der Waals surface area contributed by atoms with Crippen LogP contribution in [-0.2, 0) is 19.5 Å². The van der Waals surface area contributed by atoms with Crippen LogP contribution in [0.1, 0.15) is 31.9 Å². The molecule has 0 fully saturated rings. The van der Waals surface area contributed by atoms with Crippen molar-refractivity contribution in [1.82, 2.24) is 14.8 Å². The van der Waals surface area contributed by atoms with E-state index in [0.717, 1.165) is 48.6 Å². The zero-order valence-electron chi connectivity index (χ0n) is 12.5. The molecule has 2 heterocycles. The van der Waals surface area contributed by atoms with Gasteiger partial charge in [0.25, 0.3) is 0 Å². The van der Waals surface area contributed by atoms with Gasteiger partial charge in [0.05, 0.1) is 12.2 Å². The third-order valence-electron chi connectivity index (χ3n) is 3.45. The van der Waals surface area contributed by atoms with Crippen LogP contribution >= 0.6 is 0 Å². The molecule has 0 radical (unpaired) electrons. The Hall–Kier alpha value is -2.30. The number of benzene rings is 1. The number of fused-ring (bicyclic) bond motifs is 1. The van der Waals surface area contributed by atoms with Crippen molar-refractivity contribution in [3.05, 3.63) is 42.0 Å². The zero-order chi connectivity index (χ0) is 14.7. The fraction of sp³-hybridized carbons (Fsp3) is 0.375. The Balaban J connectivity index is 1.73. The molecule has 0 aliphatic heterocycles. The molecule has 0 atom stereocenters. The van der Waals surface area contributed by atoms with Crippen molar-refractivity contribution in [2.75, 3.05) is 5.32 Å². The third-order valence-corrected chi connectivity index (χ3v) is 3.45. The highest BCUT2D eigenvalue weighted by Gasteiger charge is 2.06. The molecule has 5 heteroatoms. The van der Waals surface area contributed by atoms with Gasteiger partial charge in [-0.05, 0) is 30.7 Å². The molecule has 3 rings (SSSR count). The lowest BCUT2D eigenvalue weighted by atomic mass is 10.3. The first-order chi connectivity index (χ1) is 10.3. The van der Waals surface area contributed by atoms with E-state index in [9.17, 15) is 0 Å². The molecule has 0 amide bonds. The van der Waals surface area contributed by atoms with Crippen LogP contribution in [0.25, 0.3) is 11.1 Å². The molecule has 3 aromatic rings. The van der Waals surface area contributed by atoms with Gasteiger partial charge in [0.1, 0.15) is 5.52 Å². The summed E-state index contributed by atoms with van der Waals surface area (Å²) in [6, 6.07) is 8.06. The van der Waals surface area contributed by atoms with Gasteiger partial charge in [-0.25, -0.2) is 4.98 Å². The molecule has 0 unspecified atom stereocenters. The van der Waals surface area contributed by atoms with E-state index >= 15 is 0 Å². The third kappa shape index (κ3) is 2.91. The van der Waals surface area contributed by atoms with Gasteiger partial charge in [0.15, 0.2) is 11.5 Å². The number of nitrogens with one attached hydrogen (secondary N) is 1. The van der Waals surface area contributed by atoms with Gasteiger partial charge in [0.2, 0.25) is 0 Å². The van der Waals surface area contributed by atoms with E-state index in [-0.39, 0.29) is 0 Å². The number of rotatable bonds is 6. The molecular formula is C16H20N4O. The predicted molar refractivity (Wildman–Crippen MR) is 83.2 cm³/mol. The van der Waals surface area contributed by atoms with Crippen molar-refractivity contribution in [2.45, 2.75) is 39.8 Å². The van der Waals surface area contributed by atoms with E-state index in [1.807, 2.05) is 42.1 Å². The molecule has 1 aromatic carbocycles. The van der Waals surface area contributed by atoms with Gasteiger partial charge in [-0.2, -0.15) is 5.10 Å². The molecule has 1 N–H and O–H groups in total. The number of aryl methyl sites for hydroxylation is 2. The summed E-state index contributed by atoms with van der Waals surface area (Å²) < 4.78 is 7.66. The Morgan fingerprint density at radius 2 is 2.14 bits per heavy atom. The average Bonchev–Trinajstić information content (AvgIpc) is 3.11. The van der Waals surface area contributed by atoms with Crippen LogP contribution in [0.15, 0.2) is 34.9 Å². The summed E-state index contributed by atoms with van der Waals surface area (Å²) in [5, 5.41) is 7.75. The summed E-state index contributed by atoms with van der Waals surface area (Å²) in [4.78, 5) is 4.46. The molecule has 5 nitrogen and oxygen atoms in total. The number of nitrogens with zero attached hydrogens (tertiary/aromatic N) is 3. The lowest BCUT2D eigenvalue weighted by molar-refractivity contribution is 0.538. The highest BCUT2D eigenvalue weighted by Crippen LogP contribution is 2.20.